The van der Waals surface area contributed by atoms with E-state index in [1.165, 1.54) is 26.5 Å². The number of para-hydroxylation sites is 1. The highest BCUT2D eigenvalue weighted by atomic mass is 16.5. The van der Waals surface area contributed by atoms with Crippen molar-refractivity contribution in [2.45, 2.75) is 0 Å². The summed E-state index contributed by atoms with van der Waals surface area (Å²) in [4.78, 5) is 24.0. The molecule has 0 spiro atoms. The van der Waals surface area contributed by atoms with Crippen LogP contribution in [0.4, 0.5) is 0 Å². The van der Waals surface area contributed by atoms with Crippen molar-refractivity contribution in [1.29, 1.82) is 0 Å². The van der Waals surface area contributed by atoms with Gasteiger partial charge in [-0.3, -0.25) is 9.59 Å². The van der Waals surface area contributed by atoms with Gasteiger partial charge in [0.25, 0.3) is 11.8 Å². The Morgan fingerprint density at radius 2 is 1.67 bits per heavy atom. The molecule has 2 aromatic carbocycles. The lowest BCUT2D eigenvalue weighted by Gasteiger charge is -2.09. The summed E-state index contributed by atoms with van der Waals surface area (Å²) < 4.78 is 15.5. The second-order valence-corrected chi connectivity index (χ2v) is 5.29. The van der Waals surface area contributed by atoms with Gasteiger partial charge in [0.05, 0.1) is 34.1 Å². The number of hydrazone groups is 1. The second-order valence-electron chi connectivity index (χ2n) is 5.29. The summed E-state index contributed by atoms with van der Waals surface area (Å²) in [6, 6.07) is 12.0. The van der Waals surface area contributed by atoms with E-state index in [2.05, 4.69) is 15.8 Å². The van der Waals surface area contributed by atoms with Gasteiger partial charge < -0.3 is 19.5 Å². The second kappa shape index (κ2) is 9.81. The third kappa shape index (κ3) is 5.46. The molecule has 0 atom stereocenters. The summed E-state index contributed by atoms with van der Waals surface area (Å²) in [5.41, 5.74) is 3.41. The minimum absolute atomic E-state index is 0.226. The van der Waals surface area contributed by atoms with E-state index < -0.39 is 11.8 Å². The van der Waals surface area contributed by atoms with Crippen LogP contribution < -0.4 is 25.0 Å². The number of carbonyl (C=O) groups excluding carboxylic acids is 2. The average Bonchev–Trinajstić information content (AvgIpc) is 2.71. The zero-order valence-corrected chi connectivity index (χ0v) is 15.3. The smallest absolute Gasteiger partial charge is 0.259 e. The largest absolute Gasteiger partial charge is 0.496 e. The van der Waals surface area contributed by atoms with Crippen LogP contribution in [0.15, 0.2) is 47.6 Å². The van der Waals surface area contributed by atoms with Gasteiger partial charge in [-0.1, -0.05) is 12.1 Å². The predicted molar refractivity (Wildman–Crippen MR) is 101 cm³/mol. The number of carbonyl (C=O) groups is 2. The Bertz CT molecular complexity index is 836. The highest BCUT2D eigenvalue weighted by Gasteiger charge is 2.11. The van der Waals surface area contributed by atoms with E-state index >= 15 is 0 Å². The molecule has 0 bridgehead atoms. The van der Waals surface area contributed by atoms with E-state index in [1.807, 2.05) is 12.1 Å². The first-order valence-electron chi connectivity index (χ1n) is 8.04. The number of rotatable bonds is 8. The number of benzene rings is 2. The lowest BCUT2D eigenvalue weighted by Crippen LogP contribution is -2.34. The Kier molecular flexibility index (Phi) is 7.18. The molecule has 8 heteroatoms. The molecular formula is C19H21N3O5. The SMILES string of the molecule is COc1ccccc1/C=N/NC(=O)CNC(=O)c1ccc(OC)c(OC)c1. The summed E-state index contributed by atoms with van der Waals surface area (Å²) in [6.45, 7) is -0.226. The van der Waals surface area contributed by atoms with Gasteiger partial charge >= 0.3 is 0 Å². The van der Waals surface area contributed by atoms with Gasteiger partial charge in [-0.25, -0.2) is 5.43 Å². The van der Waals surface area contributed by atoms with Crippen molar-refractivity contribution in [1.82, 2.24) is 10.7 Å². The Morgan fingerprint density at radius 3 is 2.37 bits per heavy atom. The monoisotopic (exact) mass is 371 g/mol. The predicted octanol–water partition coefficient (Wildman–Crippen LogP) is 1.59. The van der Waals surface area contributed by atoms with Crippen LogP contribution in [-0.2, 0) is 4.79 Å². The van der Waals surface area contributed by atoms with Gasteiger partial charge in [-0.05, 0) is 30.3 Å². The fourth-order valence-electron chi connectivity index (χ4n) is 2.23. The van der Waals surface area contributed by atoms with Crippen LogP contribution in [0.5, 0.6) is 17.2 Å². The highest BCUT2D eigenvalue weighted by molar-refractivity contribution is 5.97. The highest BCUT2D eigenvalue weighted by Crippen LogP contribution is 2.27. The zero-order chi connectivity index (χ0) is 19.6. The number of nitrogens with one attached hydrogen (secondary N) is 2. The van der Waals surface area contributed by atoms with Gasteiger partial charge in [0.15, 0.2) is 11.5 Å². The topological polar surface area (TPSA) is 98.2 Å². The van der Waals surface area contributed by atoms with Crippen molar-refractivity contribution in [3.05, 3.63) is 53.6 Å². The molecule has 0 aliphatic heterocycles. The van der Waals surface area contributed by atoms with Gasteiger partial charge in [0.2, 0.25) is 0 Å². The molecule has 0 aliphatic rings. The molecule has 142 valence electrons. The Morgan fingerprint density at radius 1 is 0.963 bits per heavy atom. The first-order chi connectivity index (χ1) is 13.1. The van der Waals surface area contributed by atoms with Gasteiger partial charge in [0, 0.05) is 11.1 Å². The summed E-state index contributed by atoms with van der Waals surface area (Å²) in [7, 11) is 4.54. The number of amides is 2. The van der Waals surface area contributed by atoms with E-state index in [0.717, 1.165) is 5.56 Å². The van der Waals surface area contributed by atoms with Crippen molar-refractivity contribution < 1.29 is 23.8 Å². The third-order valence-electron chi connectivity index (χ3n) is 3.59. The first kappa shape index (κ1) is 19.8. The molecule has 0 heterocycles. The average molecular weight is 371 g/mol. The molecule has 2 aromatic rings. The molecule has 0 fully saturated rings. The lowest BCUT2D eigenvalue weighted by atomic mass is 10.2. The maximum atomic E-state index is 12.2. The van der Waals surface area contributed by atoms with Crippen LogP contribution in [0.3, 0.4) is 0 Å². The molecule has 0 saturated carbocycles. The van der Waals surface area contributed by atoms with Crippen LogP contribution in [-0.4, -0.2) is 45.9 Å². The molecule has 2 rings (SSSR count). The molecule has 0 radical (unpaired) electrons. The molecule has 0 unspecified atom stereocenters. The normalized spacial score (nSPS) is 10.3. The minimum atomic E-state index is -0.463. The maximum Gasteiger partial charge on any atom is 0.259 e. The van der Waals surface area contributed by atoms with Crippen molar-refractivity contribution in [3.63, 3.8) is 0 Å². The van der Waals surface area contributed by atoms with Crippen LogP contribution in [0.1, 0.15) is 15.9 Å². The van der Waals surface area contributed by atoms with Crippen molar-refractivity contribution in [2.24, 2.45) is 5.10 Å². The third-order valence-corrected chi connectivity index (χ3v) is 3.59. The molecular weight excluding hydrogens is 350 g/mol. The fourth-order valence-corrected chi connectivity index (χ4v) is 2.23. The number of methoxy groups -OCH3 is 3. The number of hydrogen-bond donors (Lipinski definition) is 2. The van der Waals surface area contributed by atoms with Gasteiger partial charge in [-0.15, -0.1) is 0 Å². The van der Waals surface area contributed by atoms with Crippen LogP contribution in [0, 0.1) is 0 Å². The fraction of sp³-hybridized carbons (Fsp3) is 0.211. The summed E-state index contributed by atoms with van der Waals surface area (Å²) >= 11 is 0. The molecule has 2 amide bonds. The van der Waals surface area contributed by atoms with E-state index in [-0.39, 0.29) is 6.54 Å². The van der Waals surface area contributed by atoms with E-state index in [0.29, 0.717) is 22.8 Å². The Labute approximate surface area is 157 Å². The minimum Gasteiger partial charge on any atom is -0.496 e. The van der Waals surface area contributed by atoms with Crippen LogP contribution >= 0.6 is 0 Å². The standard InChI is InChI=1S/C19H21N3O5/c1-25-15-7-5-4-6-14(15)11-21-22-18(23)12-20-19(24)13-8-9-16(26-2)17(10-13)27-3/h4-11H,12H2,1-3H3,(H,20,24)(H,22,23)/b21-11+. The molecule has 0 saturated heterocycles. The first-order valence-corrected chi connectivity index (χ1v) is 8.04. The van der Waals surface area contributed by atoms with Crippen molar-refractivity contribution in [2.75, 3.05) is 27.9 Å². The van der Waals surface area contributed by atoms with Crippen molar-refractivity contribution in [3.8, 4) is 17.2 Å². The van der Waals surface area contributed by atoms with E-state index in [1.54, 1.807) is 31.4 Å². The molecule has 8 nitrogen and oxygen atoms in total. The van der Waals surface area contributed by atoms with Crippen LogP contribution in [0.25, 0.3) is 0 Å². The lowest BCUT2D eigenvalue weighted by molar-refractivity contribution is -0.120. The zero-order valence-electron chi connectivity index (χ0n) is 15.3. The van der Waals surface area contributed by atoms with Gasteiger partial charge in [0.1, 0.15) is 5.75 Å². The molecule has 0 aromatic heterocycles. The Balaban J connectivity index is 1.88. The molecule has 27 heavy (non-hydrogen) atoms. The quantitative estimate of drug-likeness (QED) is 0.542. The Hall–Kier alpha value is -3.55. The molecule has 0 aliphatic carbocycles. The maximum absolute atomic E-state index is 12.2. The molecule has 2 N–H and O–H groups in total. The summed E-state index contributed by atoms with van der Waals surface area (Å²) in [5, 5.41) is 6.37. The van der Waals surface area contributed by atoms with Gasteiger partial charge in [-0.2, -0.15) is 5.10 Å². The summed E-state index contributed by atoms with van der Waals surface area (Å²) in [5.74, 6) is 0.695. The van der Waals surface area contributed by atoms with Crippen molar-refractivity contribution >= 4 is 18.0 Å². The number of hydrogen-bond acceptors (Lipinski definition) is 6. The number of nitrogens with zero attached hydrogens (tertiary/aromatic N) is 1. The summed E-state index contributed by atoms with van der Waals surface area (Å²) in [6.07, 6.45) is 1.47. The van der Waals surface area contributed by atoms with E-state index in [4.69, 9.17) is 14.2 Å². The van der Waals surface area contributed by atoms with Crippen LogP contribution in [0.2, 0.25) is 0 Å². The number of ether oxygens (including phenoxy) is 3. The van der Waals surface area contributed by atoms with E-state index in [9.17, 15) is 9.59 Å².